The molecule has 1 aromatic carbocycles. The van der Waals surface area contributed by atoms with Gasteiger partial charge in [0.15, 0.2) is 5.82 Å². The fraction of sp³-hybridized carbons (Fsp3) is 0.118. The van der Waals surface area contributed by atoms with E-state index >= 15 is 0 Å². The molecule has 2 heterocycles. The second-order valence-corrected chi connectivity index (χ2v) is 6.98. The SMILES string of the molecule is Cc1cccc(Cn2cnc(NC(=O)c3cnc(Br)c(Br)c3)c2)c1. The molecule has 3 aromatic rings. The molecule has 2 aromatic heterocycles. The number of benzene rings is 1. The largest absolute Gasteiger partial charge is 0.331 e. The van der Waals surface area contributed by atoms with Crippen LogP contribution in [-0.2, 0) is 6.54 Å². The van der Waals surface area contributed by atoms with Crippen LogP contribution in [0.2, 0.25) is 0 Å². The third-order valence-electron chi connectivity index (χ3n) is 3.38. The van der Waals surface area contributed by atoms with Crippen LogP contribution in [0.15, 0.2) is 58.1 Å². The number of rotatable bonds is 4. The Hall–Kier alpha value is -1.99. The smallest absolute Gasteiger partial charge is 0.258 e. The van der Waals surface area contributed by atoms with Gasteiger partial charge in [-0.3, -0.25) is 4.79 Å². The number of imidazole rings is 1. The van der Waals surface area contributed by atoms with E-state index in [9.17, 15) is 4.79 Å². The lowest BCUT2D eigenvalue weighted by Crippen LogP contribution is -2.12. The van der Waals surface area contributed by atoms with E-state index in [4.69, 9.17) is 0 Å². The van der Waals surface area contributed by atoms with E-state index in [2.05, 4.69) is 72.3 Å². The fourth-order valence-corrected chi connectivity index (χ4v) is 2.83. The maximum absolute atomic E-state index is 12.3. The number of aryl methyl sites for hydroxylation is 1. The van der Waals surface area contributed by atoms with Gasteiger partial charge in [0.05, 0.1) is 16.4 Å². The molecule has 0 fully saturated rings. The Balaban J connectivity index is 1.69. The van der Waals surface area contributed by atoms with E-state index in [1.165, 1.54) is 17.3 Å². The second kappa shape index (κ2) is 7.27. The van der Waals surface area contributed by atoms with Gasteiger partial charge in [0.1, 0.15) is 4.60 Å². The van der Waals surface area contributed by atoms with E-state index in [1.807, 2.05) is 16.8 Å². The number of nitrogens with one attached hydrogen (secondary N) is 1. The van der Waals surface area contributed by atoms with Gasteiger partial charge in [-0.1, -0.05) is 29.8 Å². The summed E-state index contributed by atoms with van der Waals surface area (Å²) in [4.78, 5) is 20.6. The first kappa shape index (κ1) is 16.9. The van der Waals surface area contributed by atoms with Crippen LogP contribution in [0.1, 0.15) is 21.5 Å². The van der Waals surface area contributed by atoms with Crippen molar-refractivity contribution in [1.29, 1.82) is 0 Å². The number of aromatic nitrogens is 3. The van der Waals surface area contributed by atoms with E-state index in [1.54, 1.807) is 12.4 Å². The summed E-state index contributed by atoms with van der Waals surface area (Å²) >= 11 is 6.62. The molecule has 0 unspecified atom stereocenters. The molecule has 0 aliphatic rings. The molecule has 0 aliphatic carbocycles. The van der Waals surface area contributed by atoms with Crippen LogP contribution in [0.3, 0.4) is 0 Å². The molecule has 0 radical (unpaired) electrons. The minimum Gasteiger partial charge on any atom is -0.331 e. The number of hydrogen-bond donors (Lipinski definition) is 1. The molecule has 5 nitrogen and oxygen atoms in total. The van der Waals surface area contributed by atoms with Crippen LogP contribution in [-0.4, -0.2) is 20.4 Å². The van der Waals surface area contributed by atoms with Crippen molar-refractivity contribution in [3.8, 4) is 0 Å². The zero-order valence-electron chi connectivity index (χ0n) is 12.8. The van der Waals surface area contributed by atoms with Gasteiger partial charge in [0.2, 0.25) is 0 Å². The highest BCUT2D eigenvalue weighted by Crippen LogP contribution is 2.21. The van der Waals surface area contributed by atoms with Gasteiger partial charge >= 0.3 is 0 Å². The van der Waals surface area contributed by atoms with E-state index in [0.717, 1.165) is 4.47 Å². The molecule has 1 amide bonds. The van der Waals surface area contributed by atoms with Gasteiger partial charge in [-0.05, 0) is 50.4 Å². The Labute approximate surface area is 156 Å². The van der Waals surface area contributed by atoms with E-state index in [-0.39, 0.29) is 5.91 Å². The normalized spacial score (nSPS) is 10.6. The lowest BCUT2D eigenvalue weighted by atomic mass is 10.1. The number of anilines is 1. The summed E-state index contributed by atoms with van der Waals surface area (Å²) in [7, 11) is 0. The Morgan fingerprint density at radius 1 is 1.25 bits per heavy atom. The van der Waals surface area contributed by atoms with Gasteiger partial charge in [-0.25, -0.2) is 9.97 Å². The molecule has 0 saturated heterocycles. The van der Waals surface area contributed by atoms with Crippen molar-refractivity contribution in [2.45, 2.75) is 13.5 Å². The lowest BCUT2D eigenvalue weighted by Gasteiger charge is -2.04. The maximum atomic E-state index is 12.3. The van der Waals surface area contributed by atoms with E-state index < -0.39 is 0 Å². The van der Waals surface area contributed by atoms with Crippen molar-refractivity contribution in [3.63, 3.8) is 0 Å². The zero-order chi connectivity index (χ0) is 17.1. The molecular formula is C17H14Br2N4O. The van der Waals surface area contributed by atoms with Crippen LogP contribution >= 0.6 is 31.9 Å². The topological polar surface area (TPSA) is 59.8 Å². The molecule has 0 spiro atoms. The van der Waals surface area contributed by atoms with E-state index in [0.29, 0.717) is 22.5 Å². The number of pyridine rings is 1. The molecule has 0 bridgehead atoms. The average molecular weight is 450 g/mol. The van der Waals surface area contributed by atoms with Gasteiger partial charge in [-0.2, -0.15) is 0 Å². The molecule has 0 saturated carbocycles. The van der Waals surface area contributed by atoms with Crippen LogP contribution in [0.5, 0.6) is 0 Å². The zero-order valence-corrected chi connectivity index (χ0v) is 16.0. The van der Waals surface area contributed by atoms with Crippen molar-refractivity contribution < 1.29 is 4.79 Å². The Morgan fingerprint density at radius 2 is 2.08 bits per heavy atom. The van der Waals surface area contributed by atoms with Crippen LogP contribution in [0, 0.1) is 6.92 Å². The number of nitrogens with zero attached hydrogens (tertiary/aromatic N) is 3. The summed E-state index contributed by atoms with van der Waals surface area (Å²) in [5.41, 5.74) is 2.86. The predicted octanol–water partition coefficient (Wildman–Crippen LogP) is 4.41. The van der Waals surface area contributed by atoms with Gasteiger partial charge < -0.3 is 9.88 Å². The van der Waals surface area contributed by atoms with Crippen molar-refractivity contribution >= 4 is 43.6 Å². The summed E-state index contributed by atoms with van der Waals surface area (Å²) in [5, 5.41) is 2.78. The lowest BCUT2D eigenvalue weighted by molar-refractivity contribution is 0.102. The Morgan fingerprint density at radius 3 is 2.83 bits per heavy atom. The van der Waals surface area contributed by atoms with Gasteiger partial charge in [-0.15, -0.1) is 0 Å². The first-order valence-electron chi connectivity index (χ1n) is 7.21. The van der Waals surface area contributed by atoms with Crippen molar-refractivity contribution in [3.05, 3.63) is 74.8 Å². The highest BCUT2D eigenvalue weighted by Gasteiger charge is 2.10. The molecular weight excluding hydrogens is 436 g/mol. The third kappa shape index (κ3) is 4.10. The minimum absolute atomic E-state index is 0.253. The highest BCUT2D eigenvalue weighted by atomic mass is 79.9. The quantitative estimate of drug-likeness (QED) is 0.600. The number of carbonyl (C=O) groups is 1. The molecule has 7 heteroatoms. The van der Waals surface area contributed by atoms with Crippen LogP contribution < -0.4 is 5.32 Å². The summed E-state index contributed by atoms with van der Waals surface area (Å²) in [6, 6.07) is 9.99. The number of carbonyl (C=O) groups excluding carboxylic acids is 1. The fourth-order valence-electron chi connectivity index (χ4n) is 2.27. The molecule has 122 valence electrons. The second-order valence-electron chi connectivity index (χ2n) is 5.37. The molecule has 0 atom stereocenters. The summed E-state index contributed by atoms with van der Waals surface area (Å²) in [5.74, 6) is 0.253. The molecule has 0 aliphatic heterocycles. The van der Waals surface area contributed by atoms with Crippen molar-refractivity contribution in [2.75, 3.05) is 5.32 Å². The highest BCUT2D eigenvalue weighted by molar-refractivity contribution is 9.13. The number of amides is 1. The monoisotopic (exact) mass is 448 g/mol. The number of halogens is 2. The number of hydrogen-bond acceptors (Lipinski definition) is 3. The van der Waals surface area contributed by atoms with Gasteiger partial charge in [0, 0.05) is 18.9 Å². The molecule has 3 rings (SSSR count). The minimum atomic E-state index is -0.253. The summed E-state index contributed by atoms with van der Waals surface area (Å²) in [6.45, 7) is 2.77. The summed E-state index contributed by atoms with van der Waals surface area (Å²) < 4.78 is 3.31. The Bertz CT molecular complexity index is 892. The standard InChI is InChI=1S/C17H14Br2N4O/c1-11-3-2-4-12(5-11)8-23-9-15(21-10-23)22-17(24)13-6-14(18)16(19)20-7-13/h2-7,9-10H,8H2,1H3,(H,22,24). The predicted molar refractivity (Wildman–Crippen MR) is 100 cm³/mol. The van der Waals surface area contributed by atoms with Crippen LogP contribution in [0.25, 0.3) is 0 Å². The first-order valence-corrected chi connectivity index (χ1v) is 8.79. The molecule has 24 heavy (non-hydrogen) atoms. The van der Waals surface area contributed by atoms with Gasteiger partial charge in [0.25, 0.3) is 5.91 Å². The average Bonchev–Trinajstić information content (AvgIpc) is 2.97. The van der Waals surface area contributed by atoms with Crippen molar-refractivity contribution in [2.24, 2.45) is 0 Å². The van der Waals surface area contributed by atoms with Crippen molar-refractivity contribution in [1.82, 2.24) is 14.5 Å². The Kier molecular flexibility index (Phi) is 5.11. The third-order valence-corrected chi connectivity index (χ3v) is 5.15. The van der Waals surface area contributed by atoms with Crippen LogP contribution in [0.4, 0.5) is 5.82 Å². The first-order chi connectivity index (χ1) is 11.5. The summed E-state index contributed by atoms with van der Waals surface area (Å²) in [6.07, 6.45) is 5.02. The maximum Gasteiger partial charge on any atom is 0.258 e. The molecule has 1 N–H and O–H groups in total.